The van der Waals surface area contributed by atoms with Crippen molar-refractivity contribution in [2.75, 3.05) is 5.73 Å². The van der Waals surface area contributed by atoms with E-state index in [1.165, 1.54) is 0 Å². The Morgan fingerprint density at radius 2 is 1.80 bits per heavy atom. The second-order valence-corrected chi connectivity index (χ2v) is 2.34. The molecule has 10 heavy (non-hydrogen) atoms. The van der Waals surface area contributed by atoms with E-state index in [0.717, 1.165) is 11.3 Å². The van der Waals surface area contributed by atoms with Crippen LogP contribution in [0.5, 0.6) is 0 Å². The lowest BCUT2D eigenvalue weighted by atomic mass is 10.1. The molecule has 2 nitrogen and oxygen atoms in total. The van der Waals surface area contributed by atoms with Crippen LogP contribution in [0.3, 0.4) is 0 Å². The lowest BCUT2D eigenvalue weighted by molar-refractivity contribution is 0.199. The molecule has 1 unspecified atom stereocenters. The third kappa shape index (κ3) is 1.48. The van der Waals surface area contributed by atoms with Crippen LogP contribution in [0.25, 0.3) is 0 Å². The molecule has 2 heteroatoms. The molecule has 0 spiro atoms. The highest BCUT2D eigenvalue weighted by molar-refractivity contribution is 5.39. The topological polar surface area (TPSA) is 46.2 Å². The van der Waals surface area contributed by atoms with E-state index in [9.17, 15) is 0 Å². The molecule has 1 aromatic carbocycles. The normalized spacial score (nSPS) is 13.0. The minimum atomic E-state index is -0.402. The van der Waals surface area contributed by atoms with Crippen molar-refractivity contribution in [3.8, 4) is 0 Å². The van der Waals surface area contributed by atoms with Crippen LogP contribution in [0.15, 0.2) is 24.3 Å². The Kier molecular flexibility index (Phi) is 1.92. The summed E-state index contributed by atoms with van der Waals surface area (Å²) < 4.78 is 0. The van der Waals surface area contributed by atoms with Gasteiger partial charge in [0.25, 0.3) is 0 Å². The third-order valence-electron chi connectivity index (χ3n) is 1.42. The maximum Gasteiger partial charge on any atom is 0.0761 e. The van der Waals surface area contributed by atoms with Crippen molar-refractivity contribution in [2.24, 2.45) is 0 Å². The second kappa shape index (κ2) is 2.71. The lowest BCUT2D eigenvalue weighted by Crippen LogP contribution is -1.91. The molecule has 0 aliphatic carbocycles. The highest BCUT2D eigenvalue weighted by Gasteiger charge is 1.97. The summed E-state index contributed by atoms with van der Waals surface area (Å²) in [6, 6.07) is 7.20. The average molecular weight is 137 g/mol. The molecular weight excluding hydrogens is 126 g/mol. The number of aliphatic hydroxyl groups is 1. The minimum Gasteiger partial charge on any atom is -0.399 e. The number of nitrogen functional groups attached to an aromatic ring is 1. The first kappa shape index (κ1) is 7.09. The fraction of sp³-hybridized carbons (Fsp3) is 0.250. The molecule has 3 N–H and O–H groups in total. The summed E-state index contributed by atoms with van der Waals surface area (Å²) in [6.07, 6.45) is -0.402. The summed E-state index contributed by atoms with van der Waals surface area (Å²) in [4.78, 5) is 0. The van der Waals surface area contributed by atoms with Crippen LogP contribution in [-0.4, -0.2) is 5.11 Å². The zero-order valence-electron chi connectivity index (χ0n) is 5.91. The van der Waals surface area contributed by atoms with Gasteiger partial charge in [-0.15, -0.1) is 0 Å². The number of rotatable bonds is 1. The summed E-state index contributed by atoms with van der Waals surface area (Å²) >= 11 is 0. The van der Waals surface area contributed by atoms with Gasteiger partial charge in [-0.25, -0.2) is 0 Å². The molecule has 1 atom stereocenters. The molecule has 0 saturated heterocycles. The second-order valence-electron chi connectivity index (χ2n) is 2.34. The average Bonchev–Trinajstić information content (AvgIpc) is 1.88. The number of hydrogen-bond acceptors (Lipinski definition) is 2. The fourth-order valence-electron chi connectivity index (χ4n) is 0.775. The molecule has 0 saturated carbocycles. The van der Waals surface area contributed by atoms with Crippen molar-refractivity contribution >= 4 is 5.69 Å². The number of aliphatic hydroxyl groups excluding tert-OH is 1. The van der Waals surface area contributed by atoms with Crippen molar-refractivity contribution in [2.45, 2.75) is 13.0 Å². The predicted octanol–water partition coefficient (Wildman–Crippen LogP) is 1.32. The van der Waals surface area contributed by atoms with Gasteiger partial charge in [0.1, 0.15) is 0 Å². The van der Waals surface area contributed by atoms with Crippen LogP contribution in [-0.2, 0) is 0 Å². The van der Waals surface area contributed by atoms with Crippen LogP contribution in [0.4, 0.5) is 5.69 Å². The van der Waals surface area contributed by atoms with Crippen molar-refractivity contribution in [3.63, 3.8) is 0 Å². The van der Waals surface area contributed by atoms with E-state index in [1.54, 1.807) is 19.1 Å². The molecule has 0 aliphatic rings. The molecule has 0 fully saturated rings. The molecule has 54 valence electrons. The first-order valence-corrected chi connectivity index (χ1v) is 3.23. The molecule has 0 heterocycles. The molecular formula is C8H11NO. The number of benzene rings is 1. The Morgan fingerprint density at radius 1 is 1.30 bits per heavy atom. The van der Waals surface area contributed by atoms with Crippen LogP contribution in [0.2, 0.25) is 0 Å². The fourth-order valence-corrected chi connectivity index (χ4v) is 0.775. The summed E-state index contributed by atoms with van der Waals surface area (Å²) in [5, 5.41) is 9.07. The smallest absolute Gasteiger partial charge is 0.0761 e. The van der Waals surface area contributed by atoms with Gasteiger partial charge < -0.3 is 10.8 Å². The third-order valence-corrected chi connectivity index (χ3v) is 1.42. The van der Waals surface area contributed by atoms with Crippen LogP contribution >= 0.6 is 0 Å². The number of hydrogen-bond donors (Lipinski definition) is 2. The number of nitrogens with two attached hydrogens (primary N) is 1. The first-order valence-electron chi connectivity index (χ1n) is 3.23. The Labute approximate surface area is 60.3 Å². The zero-order chi connectivity index (χ0) is 7.56. The summed E-state index contributed by atoms with van der Waals surface area (Å²) in [6.45, 7) is 1.73. The van der Waals surface area contributed by atoms with E-state index >= 15 is 0 Å². The maximum atomic E-state index is 9.07. The van der Waals surface area contributed by atoms with E-state index in [-0.39, 0.29) is 0 Å². The summed E-state index contributed by atoms with van der Waals surface area (Å²) in [5.41, 5.74) is 7.07. The molecule has 0 aliphatic heterocycles. The molecule has 0 radical (unpaired) electrons. The maximum absolute atomic E-state index is 9.07. The van der Waals surface area contributed by atoms with Gasteiger partial charge in [0.2, 0.25) is 0 Å². The Morgan fingerprint density at radius 3 is 2.20 bits per heavy atom. The van der Waals surface area contributed by atoms with Crippen LogP contribution in [0, 0.1) is 0 Å². The largest absolute Gasteiger partial charge is 0.399 e. The predicted molar refractivity (Wildman–Crippen MR) is 41.5 cm³/mol. The van der Waals surface area contributed by atoms with E-state index < -0.39 is 6.10 Å². The standard InChI is InChI=1S/C8H11NO/c1-6(10)7-2-4-8(9)5-3-7/h2-6,10H,9H2,1H3. The van der Waals surface area contributed by atoms with Gasteiger partial charge in [-0.3, -0.25) is 0 Å². The Bertz CT molecular complexity index is 203. The summed E-state index contributed by atoms with van der Waals surface area (Å²) in [7, 11) is 0. The highest BCUT2D eigenvalue weighted by atomic mass is 16.3. The van der Waals surface area contributed by atoms with Crippen LogP contribution in [0.1, 0.15) is 18.6 Å². The highest BCUT2D eigenvalue weighted by Crippen LogP contribution is 2.12. The Balaban J connectivity index is 2.89. The van der Waals surface area contributed by atoms with E-state index in [4.69, 9.17) is 10.8 Å². The van der Waals surface area contributed by atoms with Gasteiger partial charge in [0.05, 0.1) is 6.10 Å². The van der Waals surface area contributed by atoms with E-state index in [1.807, 2.05) is 12.1 Å². The van der Waals surface area contributed by atoms with Gasteiger partial charge in [0.15, 0.2) is 0 Å². The minimum absolute atomic E-state index is 0.402. The lowest BCUT2D eigenvalue weighted by Gasteiger charge is -2.02. The molecule has 0 bridgehead atoms. The van der Waals surface area contributed by atoms with E-state index in [2.05, 4.69) is 0 Å². The van der Waals surface area contributed by atoms with Crippen molar-refractivity contribution in [3.05, 3.63) is 29.8 Å². The number of anilines is 1. The molecule has 1 rings (SSSR count). The Hall–Kier alpha value is -1.02. The SMILES string of the molecule is CC(O)c1ccc(N)cc1. The van der Waals surface area contributed by atoms with E-state index in [0.29, 0.717) is 0 Å². The van der Waals surface area contributed by atoms with Gasteiger partial charge in [-0.05, 0) is 24.6 Å². The van der Waals surface area contributed by atoms with Gasteiger partial charge in [-0.2, -0.15) is 0 Å². The quantitative estimate of drug-likeness (QED) is 0.573. The van der Waals surface area contributed by atoms with Crippen molar-refractivity contribution in [1.29, 1.82) is 0 Å². The monoisotopic (exact) mass is 137 g/mol. The zero-order valence-corrected chi connectivity index (χ0v) is 5.91. The van der Waals surface area contributed by atoms with Crippen molar-refractivity contribution in [1.82, 2.24) is 0 Å². The molecule has 1 aromatic rings. The summed E-state index contributed by atoms with van der Waals surface area (Å²) in [5.74, 6) is 0. The van der Waals surface area contributed by atoms with Crippen molar-refractivity contribution < 1.29 is 5.11 Å². The van der Waals surface area contributed by atoms with Crippen LogP contribution < -0.4 is 5.73 Å². The first-order chi connectivity index (χ1) is 4.70. The molecule has 0 amide bonds. The van der Waals surface area contributed by atoms with Gasteiger partial charge in [-0.1, -0.05) is 12.1 Å². The van der Waals surface area contributed by atoms with Gasteiger partial charge in [0, 0.05) is 5.69 Å². The van der Waals surface area contributed by atoms with Gasteiger partial charge >= 0.3 is 0 Å². The molecule has 0 aromatic heterocycles.